The summed E-state index contributed by atoms with van der Waals surface area (Å²) in [7, 11) is 1.69. The maximum atomic E-state index is 5.61. The van der Waals surface area contributed by atoms with Crippen LogP contribution in [0.1, 0.15) is 54.5 Å². The van der Waals surface area contributed by atoms with Crippen LogP contribution in [0.3, 0.4) is 0 Å². The molecule has 0 saturated carbocycles. The van der Waals surface area contributed by atoms with Crippen molar-refractivity contribution >= 4 is 12.2 Å². The summed E-state index contributed by atoms with van der Waals surface area (Å²) >= 11 is 0. The van der Waals surface area contributed by atoms with E-state index in [9.17, 15) is 0 Å². The molecule has 30 heavy (non-hydrogen) atoms. The molecule has 0 bridgehead atoms. The predicted octanol–water partition coefficient (Wildman–Crippen LogP) is 3.58. The Morgan fingerprint density at radius 2 is 2.13 bits per heavy atom. The maximum Gasteiger partial charge on any atom is 0.174 e. The normalized spacial score (nSPS) is 21.3. The number of methoxy groups -OCH3 is 1. The molecule has 7 heteroatoms. The van der Waals surface area contributed by atoms with E-state index in [1.165, 1.54) is 25.7 Å². The molecule has 0 aliphatic carbocycles. The molecule has 1 aromatic carbocycles. The molecule has 156 valence electrons. The Bertz CT molecular complexity index is 1060. The van der Waals surface area contributed by atoms with Crippen LogP contribution < -0.4 is 10.1 Å². The molecule has 3 aromatic rings. The first-order valence-corrected chi connectivity index (χ1v) is 10.8. The van der Waals surface area contributed by atoms with Gasteiger partial charge in [-0.25, -0.2) is 14.6 Å². The number of hydrogen-bond donors (Lipinski definition) is 1. The van der Waals surface area contributed by atoms with Gasteiger partial charge in [0, 0.05) is 24.7 Å². The summed E-state index contributed by atoms with van der Waals surface area (Å²) in [6.07, 6.45) is 12.7. The first kappa shape index (κ1) is 19.1. The van der Waals surface area contributed by atoms with E-state index in [0.29, 0.717) is 12.0 Å². The summed E-state index contributed by atoms with van der Waals surface area (Å²) < 4.78 is 9.70. The molecular weight excluding hydrogens is 376 g/mol. The van der Waals surface area contributed by atoms with Gasteiger partial charge in [0.25, 0.3) is 0 Å². The Morgan fingerprint density at radius 3 is 2.90 bits per heavy atom. The molecule has 2 atom stereocenters. The largest absolute Gasteiger partial charge is 0.495 e. The molecule has 2 aliphatic rings. The van der Waals surface area contributed by atoms with Gasteiger partial charge >= 0.3 is 0 Å². The molecule has 0 amide bonds. The van der Waals surface area contributed by atoms with Crippen molar-refractivity contribution < 1.29 is 4.74 Å². The van der Waals surface area contributed by atoms with Gasteiger partial charge in [0.2, 0.25) is 0 Å². The zero-order valence-corrected chi connectivity index (χ0v) is 17.6. The van der Waals surface area contributed by atoms with Crippen molar-refractivity contribution in [3.05, 3.63) is 53.6 Å². The van der Waals surface area contributed by atoms with Crippen molar-refractivity contribution in [2.75, 3.05) is 13.7 Å². The highest BCUT2D eigenvalue weighted by molar-refractivity contribution is 5.69. The third-order valence-corrected chi connectivity index (χ3v) is 6.14. The third kappa shape index (κ3) is 3.65. The average molecular weight is 405 g/mol. The second kappa shape index (κ2) is 8.07. The van der Waals surface area contributed by atoms with Crippen LogP contribution in [0.15, 0.2) is 30.7 Å². The topological polar surface area (TPSA) is 69.8 Å². The van der Waals surface area contributed by atoms with Gasteiger partial charge in [0.1, 0.15) is 11.6 Å². The number of aromatic nitrogens is 5. The number of imidazole rings is 1. The summed E-state index contributed by atoms with van der Waals surface area (Å²) in [4.78, 5) is 9.19. The molecule has 1 saturated heterocycles. The van der Waals surface area contributed by atoms with Crippen molar-refractivity contribution in [1.29, 1.82) is 0 Å². The predicted molar refractivity (Wildman–Crippen MR) is 117 cm³/mol. The second-order valence-electron chi connectivity index (χ2n) is 8.19. The standard InChI is InChI=1S/C23H28N6O/c1-16-14-28(15-25-16)20-9-7-17(13-21(20)30-2)8-10-22-26-23-18(19-6-3-11-24-19)5-4-12-29(23)27-22/h7-10,13-15,18-19,24H,3-6,11-12H2,1-2H3. The Kier molecular flexibility index (Phi) is 5.12. The lowest BCUT2D eigenvalue weighted by Crippen LogP contribution is -2.33. The Labute approximate surface area is 176 Å². The first-order chi connectivity index (χ1) is 14.7. The monoisotopic (exact) mass is 404 g/mol. The number of nitrogens with one attached hydrogen (secondary N) is 1. The van der Waals surface area contributed by atoms with Crippen molar-refractivity contribution in [2.45, 2.75) is 51.1 Å². The van der Waals surface area contributed by atoms with Gasteiger partial charge in [-0.05, 0) is 62.9 Å². The molecule has 2 unspecified atom stereocenters. The highest BCUT2D eigenvalue weighted by atomic mass is 16.5. The molecule has 0 radical (unpaired) electrons. The van der Waals surface area contributed by atoms with Gasteiger partial charge in [-0.3, -0.25) is 0 Å². The molecule has 0 spiro atoms. The molecular formula is C23H28N6O. The Hall–Kier alpha value is -2.93. The number of hydrogen-bond acceptors (Lipinski definition) is 5. The lowest BCUT2D eigenvalue weighted by molar-refractivity contribution is 0.355. The number of nitrogens with zero attached hydrogens (tertiary/aromatic N) is 5. The minimum Gasteiger partial charge on any atom is -0.495 e. The fourth-order valence-corrected chi connectivity index (χ4v) is 4.64. The van der Waals surface area contributed by atoms with E-state index >= 15 is 0 Å². The lowest BCUT2D eigenvalue weighted by atomic mass is 9.90. The quantitative estimate of drug-likeness (QED) is 0.704. The average Bonchev–Trinajstić information content (AvgIpc) is 3.52. The summed E-state index contributed by atoms with van der Waals surface area (Å²) in [5.41, 5.74) is 2.99. The van der Waals surface area contributed by atoms with E-state index < -0.39 is 0 Å². The second-order valence-corrected chi connectivity index (χ2v) is 8.19. The third-order valence-electron chi connectivity index (χ3n) is 6.14. The van der Waals surface area contributed by atoms with Crippen LogP contribution in [0, 0.1) is 6.92 Å². The van der Waals surface area contributed by atoms with Crippen LogP contribution in [-0.2, 0) is 6.54 Å². The van der Waals surface area contributed by atoms with Gasteiger partial charge < -0.3 is 14.6 Å². The first-order valence-electron chi connectivity index (χ1n) is 10.8. The number of ether oxygens (including phenoxy) is 1. The van der Waals surface area contributed by atoms with Crippen LogP contribution in [0.2, 0.25) is 0 Å². The van der Waals surface area contributed by atoms with Gasteiger partial charge in [-0.15, -0.1) is 0 Å². The van der Waals surface area contributed by atoms with Crippen molar-refractivity contribution in [3.63, 3.8) is 0 Å². The van der Waals surface area contributed by atoms with Gasteiger partial charge in [0.05, 0.1) is 24.8 Å². The van der Waals surface area contributed by atoms with Gasteiger partial charge in [-0.1, -0.05) is 12.1 Å². The maximum absolute atomic E-state index is 5.61. The van der Waals surface area contributed by atoms with E-state index in [0.717, 1.165) is 47.4 Å². The smallest absolute Gasteiger partial charge is 0.174 e. The highest BCUT2D eigenvalue weighted by Crippen LogP contribution is 2.32. The van der Waals surface area contributed by atoms with Gasteiger partial charge in [0.15, 0.2) is 5.82 Å². The van der Waals surface area contributed by atoms with E-state index in [2.05, 4.69) is 27.1 Å². The number of fused-ring (bicyclic) bond motifs is 1. The molecule has 2 aromatic heterocycles. The van der Waals surface area contributed by atoms with Crippen LogP contribution in [0.4, 0.5) is 0 Å². The molecule has 1 N–H and O–H groups in total. The molecule has 4 heterocycles. The Balaban J connectivity index is 1.38. The van der Waals surface area contributed by atoms with Crippen LogP contribution in [0.5, 0.6) is 5.75 Å². The van der Waals surface area contributed by atoms with Crippen LogP contribution in [-0.4, -0.2) is 44.0 Å². The molecule has 5 rings (SSSR count). The minimum absolute atomic E-state index is 0.480. The van der Waals surface area contributed by atoms with E-state index in [1.807, 2.05) is 35.9 Å². The molecule has 2 aliphatic heterocycles. The molecule has 1 fully saturated rings. The van der Waals surface area contributed by atoms with Crippen LogP contribution in [0.25, 0.3) is 17.8 Å². The fraction of sp³-hybridized carbons (Fsp3) is 0.435. The minimum atomic E-state index is 0.480. The van der Waals surface area contributed by atoms with Crippen molar-refractivity contribution in [2.24, 2.45) is 0 Å². The Morgan fingerprint density at radius 1 is 1.20 bits per heavy atom. The van der Waals surface area contributed by atoms with Crippen molar-refractivity contribution in [1.82, 2.24) is 29.6 Å². The highest BCUT2D eigenvalue weighted by Gasteiger charge is 2.32. The van der Waals surface area contributed by atoms with Gasteiger partial charge in [-0.2, -0.15) is 5.10 Å². The number of rotatable bonds is 5. The summed E-state index contributed by atoms with van der Waals surface area (Å²) in [6, 6.07) is 6.70. The fourth-order valence-electron chi connectivity index (χ4n) is 4.64. The number of aryl methyl sites for hydroxylation is 2. The lowest BCUT2D eigenvalue weighted by Gasteiger charge is -2.27. The zero-order chi connectivity index (χ0) is 20.5. The van der Waals surface area contributed by atoms with Crippen molar-refractivity contribution in [3.8, 4) is 11.4 Å². The summed E-state index contributed by atoms with van der Waals surface area (Å²) in [6.45, 7) is 4.07. The SMILES string of the molecule is COc1cc(C=Cc2nc3n(n2)CCCC3C2CCCN2)ccc1-n1cnc(C)c1. The van der Waals surface area contributed by atoms with E-state index in [1.54, 1.807) is 13.4 Å². The van der Waals surface area contributed by atoms with E-state index in [-0.39, 0.29) is 0 Å². The zero-order valence-electron chi connectivity index (χ0n) is 17.6. The summed E-state index contributed by atoms with van der Waals surface area (Å²) in [5.74, 6) is 3.21. The molecule has 7 nitrogen and oxygen atoms in total. The van der Waals surface area contributed by atoms with Crippen LogP contribution >= 0.6 is 0 Å². The number of benzene rings is 1. The van der Waals surface area contributed by atoms with E-state index in [4.69, 9.17) is 14.8 Å². The summed E-state index contributed by atoms with van der Waals surface area (Å²) in [5, 5.41) is 8.39.